The minimum Gasteiger partial charge on any atom is -0.367 e. The number of aromatic nitrogens is 6. The van der Waals surface area contributed by atoms with Gasteiger partial charge in [0.05, 0.1) is 17.0 Å². The van der Waals surface area contributed by atoms with Crippen LogP contribution in [0.15, 0.2) is 47.4 Å². The van der Waals surface area contributed by atoms with Crippen molar-refractivity contribution in [3.63, 3.8) is 0 Å². The second kappa shape index (κ2) is 6.37. The summed E-state index contributed by atoms with van der Waals surface area (Å²) in [7, 11) is 0. The highest BCUT2D eigenvalue weighted by molar-refractivity contribution is 5.85. The number of nitrogens with zero attached hydrogens (tertiary/aromatic N) is 5. The highest BCUT2D eigenvalue weighted by Gasteiger charge is 2.50. The lowest BCUT2D eigenvalue weighted by Crippen LogP contribution is -2.16. The van der Waals surface area contributed by atoms with Crippen LogP contribution in [0.3, 0.4) is 0 Å². The first kappa shape index (κ1) is 16.6. The normalized spacial score (nSPS) is 22.8. The Labute approximate surface area is 167 Å². The number of aromatic amines is 1. The van der Waals surface area contributed by atoms with Gasteiger partial charge in [-0.15, -0.1) is 0 Å². The molecule has 6 rings (SSSR count). The van der Waals surface area contributed by atoms with Crippen molar-refractivity contribution in [2.75, 3.05) is 5.32 Å². The molecule has 8 nitrogen and oxygen atoms in total. The van der Waals surface area contributed by atoms with E-state index in [1.54, 1.807) is 12.5 Å². The van der Waals surface area contributed by atoms with Crippen LogP contribution in [0.4, 0.5) is 5.82 Å². The van der Waals surface area contributed by atoms with E-state index in [0.717, 1.165) is 60.7 Å². The van der Waals surface area contributed by atoms with E-state index in [-0.39, 0.29) is 11.3 Å². The van der Waals surface area contributed by atoms with Crippen LogP contribution in [0, 0.1) is 0 Å². The van der Waals surface area contributed by atoms with Crippen molar-refractivity contribution < 1.29 is 4.52 Å². The van der Waals surface area contributed by atoms with E-state index in [1.807, 2.05) is 6.07 Å². The predicted molar refractivity (Wildman–Crippen MR) is 106 cm³/mol. The SMILES string of the molecule is c1ccc(C2(c3noc([C@H]4CC[C@H](Nc5ncnc6[nH]ncc56)C4)n3)CC2)cc1. The highest BCUT2D eigenvalue weighted by Crippen LogP contribution is 2.52. The molecular formula is C21H21N7O. The molecule has 0 saturated heterocycles. The Bertz CT molecular complexity index is 1150. The molecule has 2 fully saturated rings. The summed E-state index contributed by atoms with van der Waals surface area (Å²) < 4.78 is 5.72. The van der Waals surface area contributed by atoms with Crippen LogP contribution in [-0.4, -0.2) is 36.3 Å². The number of nitrogens with one attached hydrogen (secondary N) is 2. The van der Waals surface area contributed by atoms with Crippen LogP contribution in [-0.2, 0) is 5.41 Å². The molecule has 3 aromatic heterocycles. The third-order valence-electron chi connectivity index (χ3n) is 6.32. The molecule has 0 unspecified atom stereocenters. The lowest BCUT2D eigenvalue weighted by molar-refractivity contribution is 0.348. The number of H-pyrrole nitrogens is 1. The minimum absolute atomic E-state index is 0.0485. The summed E-state index contributed by atoms with van der Waals surface area (Å²) in [6.07, 6.45) is 8.49. The van der Waals surface area contributed by atoms with Crippen molar-refractivity contribution in [2.24, 2.45) is 0 Å². The summed E-state index contributed by atoms with van der Waals surface area (Å²) in [6, 6.07) is 10.8. The Morgan fingerprint density at radius 2 is 2.00 bits per heavy atom. The molecule has 0 amide bonds. The monoisotopic (exact) mass is 387 g/mol. The number of hydrogen-bond acceptors (Lipinski definition) is 7. The van der Waals surface area contributed by atoms with Crippen LogP contribution in [0.1, 0.15) is 55.3 Å². The molecule has 2 aliphatic rings. The summed E-state index contributed by atoms with van der Waals surface area (Å²) in [5, 5.41) is 15.8. The van der Waals surface area contributed by atoms with Crippen molar-refractivity contribution in [3.05, 3.63) is 60.1 Å². The fraction of sp³-hybridized carbons (Fsp3) is 0.381. The highest BCUT2D eigenvalue weighted by atomic mass is 16.5. The Kier molecular flexibility index (Phi) is 3.65. The summed E-state index contributed by atoms with van der Waals surface area (Å²) in [6.45, 7) is 0. The first-order chi connectivity index (χ1) is 14.3. The van der Waals surface area contributed by atoms with E-state index in [0.29, 0.717) is 6.04 Å². The topological polar surface area (TPSA) is 105 Å². The standard InChI is InChI=1S/C21H21N7O/c1-2-4-14(5-3-1)21(8-9-21)20-26-19(29-28-20)13-6-7-15(10-13)25-17-16-11-24-27-18(16)23-12-22-17/h1-5,11-13,15H,6-10H2,(H2,22,23,24,25,27)/t13-,15-/m0/s1. The molecule has 0 aliphatic heterocycles. The molecule has 0 bridgehead atoms. The van der Waals surface area contributed by atoms with E-state index in [2.05, 4.69) is 54.9 Å². The molecule has 2 aliphatic carbocycles. The maximum atomic E-state index is 5.72. The lowest BCUT2D eigenvalue weighted by atomic mass is 9.95. The van der Waals surface area contributed by atoms with Crippen LogP contribution in [0.2, 0.25) is 0 Å². The van der Waals surface area contributed by atoms with Crippen molar-refractivity contribution >= 4 is 16.9 Å². The summed E-state index contributed by atoms with van der Waals surface area (Å²) in [5.74, 6) is 2.71. The first-order valence-electron chi connectivity index (χ1n) is 10.1. The molecule has 8 heteroatoms. The predicted octanol–water partition coefficient (Wildman–Crippen LogP) is 3.56. The quantitative estimate of drug-likeness (QED) is 0.539. The van der Waals surface area contributed by atoms with Gasteiger partial charge in [0.25, 0.3) is 0 Å². The Balaban J connectivity index is 1.18. The van der Waals surface area contributed by atoms with E-state index < -0.39 is 0 Å². The average molecular weight is 387 g/mol. The second-order valence-electron chi connectivity index (χ2n) is 8.11. The fourth-order valence-electron chi connectivity index (χ4n) is 4.53. The molecular weight excluding hydrogens is 366 g/mol. The maximum Gasteiger partial charge on any atom is 0.229 e. The van der Waals surface area contributed by atoms with Crippen molar-refractivity contribution in [3.8, 4) is 0 Å². The first-order valence-corrected chi connectivity index (χ1v) is 10.1. The van der Waals surface area contributed by atoms with E-state index in [1.165, 1.54) is 5.56 Å². The smallest absolute Gasteiger partial charge is 0.229 e. The molecule has 0 radical (unpaired) electrons. The van der Waals surface area contributed by atoms with Gasteiger partial charge < -0.3 is 9.84 Å². The van der Waals surface area contributed by atoms with Gasteiger partial charge in [0.2, 0.25) is 5.89 Å². The van der Waals surface area contributed by atoms with Crippen LogP contribution in [0.5, 0.6) is 0 Å². The molecule has 0 spiro atoms. The molecule has 1 aromatic carbocycles. The Morgan fingerprint density at radius 1 is 1.10 bits per heavy atom. The van der Waals surface area contributed by atoms with E-state index in [9.17, 15) is 0 Å². The molecule has 2 saturated carbocycles. The molecule has 2 atom stereocenters. The number of benzene rings is 1. The van der Waals surface area contributed by atoms with E-state index in [4.69, 9.17) is 9.51 Å². The molecule has 4 aromatic rings. The summed E-state index contributed by atoms with van der Waals surface area (Å²) in [5.41, 5.74) is 1.98. The summed E-state index contributed by atoms with van der Waals surface area (Å²) in [4.78, 5) is 13.4. The van der Waals surface area contributed by atoms with Gasteiger partial charge in [0.15, 0.2) is 11.5 Å². The largest absolute Gasteiger partial charge is 0.367 e. The fourth-order valence-corrected chi connectivity index (χ4v) is 4.53. The van der Waals surface area contributed by atoms with E-state index >= 15 is 0 Å². The second-order valence-corrected chi connectivity index (χ2v) is 8.11. The third-order valence-corrected chi connectivity index (χ3v) is 6.32. The van der Waals surface area contributed by atoms with Crippen molar-refractivity contribution in [1.29, 1.82) is 0 Å². The zero-order valence-corrected chi connectivity index (χ0v) is 15.9. The zero-order chi connectivity index (χ0) is 19.3. The lowest BCUT2D eigenvalue weighted by Gasteiger charge is -2.13. The van der Waals surface area contributed by atoms with Crippen LogP contribution in [0.25, 0.3) is 11.0 Å². The summed E-state index contributed by atoms with van der Waals surface area (Å²) >= 11 is 0. The maximum absolute atomic E-state index is 5.72. The van der Waals surface area contributed by atoms with Crippen molar-refractivity contribution in [2.45, 2.75) is 49.5 Å². The van der Waals surface area contributed by atoms with Gasteiger partial charge in [0.1, 0.15) is 12.1 Å². The van der Waals surface area contributed by atoms with Crippen molar-refractivity contribution in [1.82, 2.24) is 30.3 Å². The van der Waals surface area contributed by atoms with Crippen LogP contribution < -0.4 is 5.32 Å². The molecule has 146 valence electrons. The van der Waals surface area contributed by atoms with Gasteiger partial charge in [-0.2, -0.15) is 10.1 Å². The number of rotatable bonds is 5. The van der Waals surface area contributed by atoms with Crippen LogP contribution >= 0.6 is 0 Å². The van der Waals surface area contributed by atoms with Gasteiger partial charge in [-0.05, 0) is 37.7 Å². The van der Waals surface area contributed by atoms with Gasteiger partial charge >= 0.3 is 0 Å². The Hall–Kier alpha value is -3.29. The number of hydrogen-bond donors (Lipinski definition) is 2. The molecule has 2 N–H and O–H groups in total. The Morgan fingerprint density at radius 3 is 2.86 bits per heavy atom. The number of anilines is 1. The zero-order valence-electron chi connectivity index (χ0n) is 15.9. The molecule has 3 heterocycles. The third kappa shape index (κ3) is 2.78. The minimum atomic E-state index is -0.0485. The molecule has 29 heavy (non-hydrogen) atoms. The van der Waals surface area contributed by atoms with Gasteiger partial charge in [-0.1, -0.05) is 35.5 Å². The van der Waals surface area contributed by atoms with Gasteiger partial charge in [-0.3, -0.25) is 5.10 Å². The number of fused-ring (bicyclic) bond motifs is 1. The van der Waals surface area contributed by atoms with Gasteiger partial charge in [0, 0.05) is 12.0 Å². The van der Waals surface area contributed by atoms with Gasteiger partial charge in [-0.25, -0.2) is 9.97 Å². The average Bonchev–Trinajstić information content (AvgIpc) is 3.14.